The predicted molar refractivity (Wildman–Crippen MR) is 66.3 cm³/mol. The summed E-state index contributed by atoms with van der Waals surface area (Å²) in [5.74, 6) is 0. The molecule has 2 heterocycles. The molecule has 0 unspecified atom stereocenters. The van der Waals surface area contributed by atoms with E-state index in [4.69, 9.17) is 9.84 Å². The molecule has 7 heteroatoms. The molecule has 0 bridgehead atoms. The first-order chi connectivity index (χ1) is 8.95. The van der Waals surface area contributed by atoms with Crippen LogP contribution in [0.3, 0.4) is 0 Å². The van der Waals surface area contributed by atoms with Gasteiger partial charge in [-0.3, -0.25) is 4.90 Å². The Hall–Kier alpha value is -0.630. The molecule has 1 fully saturated rings. The van der Waals surface area contributed by atoms with Gasteiger partial charge < -0.3 is 9.84 Å². The highest BCUT2D eigenvalue weighted by Crippen LogP contribution is 2.22. The topological polar surface area (TPSA) is 32.7 Å². The summed E-state index contributed by atoms with van der Waals surface area (Å²) in [5.41, 5.74) is 0. The van der Waals surface area contributed by atoms with E-state index in [1.165, 1.54) is 0 Å². The van der Waals surface area contributed by atoms with Crippen LogP contribution in [-0.2, 0) is 11.2 Å². The van der Waals surface area contributed by atoms with Crippen LogP contribution in [0.5, 0.6) is 0 Å². The minimum absolute atomic E-state index is 0.104. The molecule has 2 rings (SSSR count). The number of aliphatic hydroxyl groups excluding tert-OH is 1. The maximum atomic E-state index is 12.3. The Balaban J connectivity index is 1.83. The average molecular weight is 295 g/mol. The highest BCUT2D eigenvalue weighted by molar-refractivity contribution is 7.09. The van der Waals surface area contributed by atoms with Crippen molar-refractivity contribution in [3.63, 3.8) is 0 Å². The van der Waals surface area contributed by atoms with Crippen molar-refractivity contribution in [1.82, 2.24) is 4.90 Å². The van der Waals surface area contributed by atoms with Gasteiger partial charge in [0.15, 0.2) is 6.10 Å². The van der Waals surface area contributed by atoms with Crippen LogP contribution in [0.25, 0.3) is 0 Å². The maximum absolute atomic E-state index is 12.3. The van der Waals surface area contributed by atoms with E-state index >= 15 is 0 Å². The SMILES string of the molecule is O[C@@H](CN1CCO[C@H](Cc2cccs2)C1)C(F)(F)F. The standard InChI is InChI=1S/C12H16F3NO2S/c13-12(14,15)11(17)8-16-3-4-18-9(7-16)6-10-2-1-5-19-10/h1-2,5,9,11,17H,3-4,6-8H2/t9-,11+/m1/s1. The van der Waals surface area contributed by atoms with Gasteiger partial charge in [0.05, 0.1) is 12.7 Å². The molecular formula is C12H16F3NO2S. The van der Waals surface area contributed by atoms with Gasteiger partial charge >= 0.3 is 6.18 Å². The summed E-state index contributed by atoms with van der Waals surface area (Å²) < 4.78 is 42.5. The lowest BCUT2D eigenvalue weighted by Crippen LogP contribution is -2.49. The Morgan fingerprint density at radius 1 is 1.53 bits per heavy atom. The Morgan fingerprint density at radius 3 is 2.95 bits per heavy atom. The van der Waals surface area contributed by atoms with Crippen LogP contribution in [0.2, 0.25) is 0 Å². The number of thiophene rings is 1. The zero-order valence-electron chi connectivity index (χ0n) is 10.3. The first kappa shape index (κ1) is 14.8. The summed E-state index contributed by atoms with van der Waals surface area (Å²) in [7, 11) is 0. The molecule has 1 saturated heterocycles. The second-order valence-electron chi connectivity index (χ2n) is 4.59. The number of hydrogen-bond acceptors (Lipinski definition) is 4. The molecule has 1 aliphatic heterocycles. The van der Waals surface area contributed by atoms with E-state index in [0.29, 0.717) is 26.1 Å². The molecule has 1 N–H and O–H groups in total. The molecule has 0 saturated carbocycles. The van der Waals surface area contributed by atoms with Crippen LogP contribution in [0.15, 0.2) is 17.5 Å². The van der Waals surface area contributed by atoms with Gasteiger partial charge in [-0.1, -0.05) is 6.07 Å². The Morgan fingerprint density at radius 2 is 2.32 bits per heavy atom. The summed E-state index contributed by atoms with van der Waals surface area (Å²) >= 11 is 1.61. The number of alkyl halides is 3. The highest BCUT2D eigenvalue weighted by Gasteiger charge is 2.39. The van der Waals surface area contributed by atoms with E-state index in [1.54, 1.807) is 16.2 Å². The molecule has 1 aromatic heterocycles. The van der Waals surface area contributed by atoms with E-state index in [2.05, 4.69) is 0 Å². The summed E-state index contributed by atoms with van der Waals surface area (Å²) in [6, 6.07) is 3.92. The van der Waals surface area contributed by atoms with Gasteiger partial charge in [0, 0.05) is 30.9 Å². The fourth-order valence-electron chi connectivity index (χ4n) is 2.07. The quantitative estimate of drug-likeness (QED) is 0.921. The minimum atomic E-state index is -4.55. The molecule has 0 aliphatic carbocycles. The molecule has 2 atom stereocenters. The van der Waals surface area contributed by atoms with Crippen molar-refractivity contribution in [3.8, 4) is 0 Å². The second-order valence-corrected chi connectivity index (χ2v) is 5.63. The van der Waals surface area contributed by atoms with E-state index in [0.717, 1.165) is 4.88 Å². The second kappa shape index (κ2) is 6.21. The lowest BCUT2D eigenvalue weighted by Gasteiger charge is -2.34. The molecule has 1 aromatic rings. The van der Waals surface area contributed by atoms with Crippen LogP contribution >= 0.6 is 11.3 Å². The normalized spacial score (nSPS) is 23.5. The van der Waals surface area contributed by atoms with Crippen LogP contribution < -0.4 is 0 Å². The number of hydrogen-bond donors (Lipinski definition) is 1. The maximum Gasteiger partial charge on any atom is 0.415 e. The average Bonchev–Trinajstić information content (AvgIpc) is 2.81. The Labute approximate surface area is 113 Å². The molecular weight excluding hydrogens is 279 g/mol. The first-order valence-corrected chi connectivity index (χ1v) is 6.94. The van der Waals surface area contributed by atoms with Gasteiger partial charge in [-0.25, -0.2) is 0 Å². The van der Waals surface area contributed by atoms with Crippen molar-refractivity contribution < 1.29 is 23.0 Å². The summed E-state index contributed by atoms with van der Waals surface area (Å²) in [6.07, 6.45) is -6.24. The molecule has 0 spiro atoms. The first-order valence-electron chi connectivity index (χ1n) is 6.06. The fourth-order valence-corrected chi connectivity index (χ4v) is 2.84. The summed E-state index contributed by atoms with van der Waals surface area (Å²) in [5, 5.41) is 11.0. The van der Waals surface area contributed by atoms with Crippen molar-refractivity contribution >= 4 is 11.3 Å². The lowest BCUT2D eigenvalue weighted by molar-refractivity contribution is -0.211. The molecule has 108 valence electrons. The molecule has 1 aliphatic rings. The number of nitrogens with zero attached hydrogens (tertiary/aromatic N) is 1. The van der Waals surface area contributed by atoms with Gasteiger partial charge in [-0.05, 0) is 11.4 Å². The Bertz CT molecular complexity index is 383. The largest absolute Gasteiger partial charge is 0.415 e. The smallest absolute Gasteiger partial charge is 0.382 e. The van der Waals surface area contributed by atoms with Gasteiger partial charge in [0.25, 0.3) is 0 Å². The highest BCUT2D eigenvalue weighted by atomic mass is 32.1. The third kappa shape index (κ3) is 4.45. The van der Waals surface area contributed by atoms with E-state index in [9.17, 15) is 13.2 Å². The van der Waals surface area contributed by atoms with Crippen molar-refractivity contribution in [2.45, 2.75) is 24.8 Å². The Kier molecular flexibility index (Phi) is 4.83. The third-order valence-corrected chi connectivity index (χ3v) is 3.94. The van der Waals surface area contributed by atoms with Crippen LogP contribution in [-0.4, -0.2) is 54.6 Å². The molecule has 0 radical (unpaired) electrons. The van der Waals surface area contributed by atoms with Crippen molar-refractivity contribution in [2.75, 3.05) is 26.2 Å². The monoisotopic (exact) mass is 295 g/mol. The molecule has 0 aromatic carbocycles. The summed E-state index contributed by atoms with van der Waals surface area (Å²) in [4.78, 5) is 2.77. The zero-order valence-corrected chi connectivity index (χ0v) is 11.1. The number of aliphatic hydroxyl groups is 1. The zero-order chi connectivity index (χ0) is 13.9. The number of halogens is 3. The number of morpholine rings is 1. The number of rotatable bonds is 4. The van der Waals surface area contributed by atoms with Crippen molar-refractivity contribution in [3.05, 3.63) is 22.4 Å². The van der Waals surface area contributed by atoms with Crippen LogP contribution in [0, 0.1) is 0 Å². The number of β-amino-alcohol motifs (C(OH)–C–C–N with tert-alkyl or cyclic N) is 1. The molecule has 3 nitrogen and oxygen atoms in total. The van der Waals surface area contributed by atoms with Crippen LogP contribution in [0.1, 0.15) is 4.88 Å². The van der Waals surface area contributed by atoms with Crippen molar-refractivity contribution in [1.29, 1.82) is 0 Å². The minimum Gasteiger partial charge on any atom is -0.382 e. The van der Waals surface area contributed by atoms with Gasteiger partial charge in [0.1, 0.15) is 0 Å². The lowest BCUT2D eigenvalue weighted by atomic mass is 10.1. The van der Waals surface area contributed by atoms with Crippen molar-refractivity contribution in [2.24, 2.45) is 0 Å². The molecule has 19 heavy (non-hydrogen) atoms. The van der Waals surface area contributed by atoms with E-state index in [-0.39, 0.29) is 12.6 Å². The van der Waals surface area contributed by atoms with Gasteiger partial charge in [0.2, 0.25) is 0 Å². The fraction of sp³-hybridized carbons (Fsp3) is 0.667. The molecule has 0 amide bonds. The van der Waals surface area contributed by atoms with Crippen LogP contribution in [0.4, 0.5) is 13.2 Å². The predicted octanol–water partition coefficient (Wildman–Crippen LogP) is 1.91. The number of ether oxygens (including phenoxy) is 1. The summed E-state index contributed by atoms with van der Waals surface area (Å²) in [6.45, 7) is 0.869. The van der Waals surface area contributed by atoms with Gasteiger partial charge in [-0.2, -0.15) is 13.2 Å². The third-order valence-electron chi connectivity index (χ3n) is 3.04. The van der Waals surface area contributed by atoms with E-state index < -0.39 is 12.3 Å². The van der Waals surface area contributed by atoms with E-state index in [1.807, 2.05) is 17.5 Å². The van der Waals surface area contributed by atoms with Gasteiger partial charge in [-0.15, -0.1) is 11.3 Å².